The highest BCUT2D eigenvalue weighted by Gasteiger charge is 2.49. The van der Waals surface area contributed by atoms with Crippen molar-refractivity contribution in [3.63, 3.8) is 0 Å². The molecular weight excluding hydrogens is 415 g/mol. The number of rotatable bonds is 3. The average Bonchev–Trinajstić information content (AvgIpc) is 2.88. The van der Waals surface area contributed by atoms with Crippen molar-refractivity contribution in [2.45, 2.75) is 43.9 Å². The molecule has 1 aliphatic rings. The van der Waals surface area contributed by atoms with Gasteiger partial charge in [0.2, 0.25) is 20.8 Å². The molecule has 2 rings (SSSR count). The molecule has 2 heterocycles. The number of ether oxygens (including phenoxy) is 1. The summed E-state index contributed by atoms with van der Waals surface area (Å²) in [6.45, 7) is 2.26. The van der Waals surface area contributed by atoms with Crippen LogP contribution >= 0.6 is 0 Å². The van der Waals surface area contributed by atoms with Gasteiger partial charge < -0.3 is 9.57 Å². The van der Waals surface area contributed by atoms with Gasteiger partial charge >= 0.3 is 12.5 Å². The van der Waals surface area contributed by atoms with Crippen LogP contribution in [0, 0.1) is 0 Å². The van der Waals surface area contributed by atoms with E-state index in [-0.39, 0.29) is 4.68 Å². The lowest BCUT2D eigenvalue weighted by Gasteiger charge is -2.18. The molecule has 154 valence electrons. The van der Waals surface area contributed by atoms with Crippen molar-refractivity contribution in [3.05, 3.63) is 11.3 Å². The van der Waals surface area contributed by atoms with Gasteiger partial charge in [-0.05, 0) is 13.8 Å². The average molecular weight is 427 g/mol. The molecule has 27 heavy (non-hydrogen) atoms. The minimum absolute atomic E-state index is 0.0883. The van der Waals surface area contributed by atoms with E-state index in [1.54, 1.807) is 0 Å². The van der Waals surface area contributed by atoms with Crippen molar-refractivity contribution in [2.75, 3.05) is 0 Å². The van der Waals surface area contributed by atoms with E-state index in [4.69, 9.17) is 0 Å². The van der Waals surface area contributed by atoms with Crippen LogP contribution in [0.5, 0.6) is 5.88 Å². The van der Waals surface area contributed by atoms with Crippen LogP contribution in [0.3, 0.4) is 0 Å². The van der Waals surface area contributed by atoms with E-state index in [0.717, 1.165) is 13.8 Å². The van der Waals surface area contributed by atoms with Crippen LogP contribution in [-0.4, -0.2) is 41.4 Å². The third-order valence-corrected chi connectivity index (χ3v) is 5.01. The highest BCUT2D eigenvalue weighted by molar-refractivity contribution is 8.05. The van der Waals surface area contributed by atoms with Crippen LogP contribution in [0.2, 0.25) is 0 Å². The fourth-order valence-corrected chi connectivity index (χ4v) is 3.72. The SMILES string of the molecule is Cn1nc(C(F)(F)F)c(CS(=O)(=O)C2=NOC(C)(C)C2F)c1OC(F)(F)F. The van der Waals surface area contributed by atoms with E-state index in [9.17, 15) is 39.2 Å². The molecule has 15 heteroatoms. The van der Waals surface area contributed by atoms with Crippen LogP contribution in [0.25, 0.3) is 0 Å². The maximum atomic E-state index is 14.2. The van der Waals surface area contributed by atoms with Gasteiger partial charge in [0, 0.05) is 7.05 Å². The van der Waals surface area contributed by atoms with Gasteiger partial charge in [-0.1, -0.05) is 5.16 Å². The molecule has 0 saturated heterocycles. The molecular formula is C12H12F7N3O4S. The topological polar surface area (TPSA) is 82.8 Å². The first kappa shape index (κ1) is 21.2. The summed E-state index contributed by atoms with van der Waals surface area (Å²) < 4.78 is 119. The summed E-state index contributed by atoms with van der Waals surface area (Å²) in [5.74, 6) is -3.17. The molecule has 0 spiro atoms. The molecule has 1 atom stereocenters. The van der Waals surface area contributed by atoms with Gasteiger partial charge in [0.25, 0.3) is 0 Å². The highest BCUT2D eigenvalue weighted by Crippen LogP contribution is 2.39. The third-order valence-electron chi connectivity index (χ3n) is 3.42. The van der Waals surface area contributed by atoms with Crippen LogP contribution in [0.4, 0.5) is 30.7 Å². The fourth-order valence-electron chi connectivity index (χ4n) is 2.18. The molecule has 1 aromatic rings. The molecule has 0 fully saturated rings. The van der Waals surface area contributed by atoms with Gasteiger partial charge in [-0.3, -0.25) is 0 Å². The summed E-state index contributed by atoms with van der Waals surface area (Å²) in [4.78, 5) is 4.58. The Hall–Kier alpha value is -2.06. The summed E-state index contributed by atoms with van der Waals surface area (Å²) in [5, 5.41) is 4.65. The van der Waals surface area contributed by atoms with Crippen molar-refractivity contribution in [2.24, 2.45) is 12.2 Å². The normalized spacial score (nSPS) is 20.4. The molecule has 0 radical (unpaired) electrons. The maximum absolute atomic E-state index is 14.2. The number of hydrogen-bond acceptors (Lipinski definition) is 6. The number of alkyl halides is 7. The van der Waals surface area contributed by atoms with Gasteiger partial charge in [-0.15, -0.1) is 13.2 Å². The van der Waals surface area contributed by atoms with Gasteiger partial charge in [0.15, 0.2) is 17.5 Å². The van der Waals surface area contributed by atoms with Crippen molar-refractivity contribution < 1.29 is 48.7 Å². The lowest BCUT2D eigenvalue weighted by atomic mass is 10.1. The van der Waals surface area contributed by atoms with Crippen LogP contribution in [0.15, 0.2) is 5.16 Å². The van der Waals surface area contributed by atoms with E-state index in [1.807, 2.05) is 0 Å². The number of nitrogens with zero attached hydrogens (tertiary/aromatic N) is 3. The fraction of sp³-hybridized carbons (Fsp3) is 0.667. The van der Waals surface area contributed by atoms with E-state index >= 15 is 0 Å². The predicted molar refractivity (Wildman–Crippen MR) is 75.0 cm³/mol. The lowest BCUT2D eigenvalue weighted by Crippen LogP contribution is -2.38. The Bertz CT molecular complexity index is 871. The molecule has 1 aromatic heterocycles. The number of hydrogen-bond donors (Lipinski definition) is 0. The highest BCUT2D eigenvalue weighted by atomic mass is 32.2. The molecule has 1 aliphatic heterocycles. The van der Waals surface area contributed by atoms with E-state index in [2.05, 4.69) is 19.8 Å². The molecule has 0 amide bonds. The number of sulfone groups is 1. The zero-order chi connectivity index (χ0) is 21.0. The van der Waals surface area contributed by atoms with Gasteiger partial charge in [-0.25, -0.2) is 17.5 Å². The Morgan fingerprint density at radius 3 is 2.19 bits per heavy atom. The van der Waals surface area contributed by atoms with Gasteiger partial charge in [-0.2, -0.15) is 18.3 Å². The van der Waals surface area contributed by atoms with E-state index in [1.165, 1.54) is 0 Å². The van der Waals surface area contributed by atoms with Gasteiger partial charge in [0.05, 0.1) is 11.3 Å². The summed E-state index contributed by atoms with van der Waals surface area (Å²) >= 11 is 0. The molecule has 0 N–H and O–H groups in total. The maximum Gasteiger partial charge on any atom is 0.574 e. The molecule has 7 nitrogen and oxygen atoms in total. The summed E-state index contributed by atoms with van der Waals surface area (Å²) in [5.41, 5.74) is -5.06. The predicted octanol–water partition coefficient (Wildman–Crippen LogP) is 2.71. The standard InChI is InChI=1S/C12H12F7N3O4S/c1-10(2)6(13)8(21-26-10)27(23,24)4-5-7(11(14,15)16)20-22(3)9(5)25-12(17,18)19/h6H,4H2,1-3H3. The van der Waals surface area contributed by atoms with Crippen molar-refractivity contribution in [1.82, 2.24) is 9.78 Å². The summed E-state index contributed by atoms with van der Waals surface area (Å²) in [6, 6.07) is 0. The summed E-state index contributed by atoms with van der Waals surface area (Å²) in [6.07, 6.45) is -13.0. The second-order valence-corrected chi connectivity index (χ2v) is 7.98. The van der Waals surface area contributed by atoms with Gasteiger partial charge in [0.1, 0.15) is 0 Å². The molecule has 0 aromatic carbocycles. The Balaban J connectivity index is 2.54. The van der Waals surface area contributed by atoms with E-state index < -0.39 is 62.1 Å². The number of aromatic nitrogens is 2. The van der Waals surface area contributed by atoms with Crippen LogP contribution < -0.4 is 4.74 Å². The second kappa shape index (κ2) is 6.24. The minimum atomic E-state index is -5.42. The Morgan fingerprint density at radius 2 is 1.78 bits per heavy atom. The lowest BCUT2D eigenvalue weighted by molar-refractivity contribution is -0.277. The minimum Gasteiger partial charge on any atom is -0.388 e. The first-order chi connectivity index (χ1) is 12.0. The Morgan fingerprint density at radius 1 is 1.22 bits per heavy atom. The van der Waals surface area contributed by atoms with Crippen LogP contribution in [0.1, 0.15) is 25.1 Å². The molecule has 0 bridgehead atoms. The van der Waals surface area contributed by atoms with E-state index in [0.29, 0.717) is 7.05 Å². The zero-order valence-electron chi connectivity index (χ0n) is 13.8. The first-order valence-electron chi connectivity index (χ1n) is 6.97. The molecule has 0 saturated carbocycles. The van der Waals surface area contributed by atoms with Crippen LogP contribution in [-0.2, 0) is 33.7 Å². The largest absolute Gasteiger partial charge is 0.574 e. The first-order valence-corrected chi connectivity index (χ1v) is 8.62. The Kier molecular flexibility index (Phi) is 4.91. The summed E-state index contributed by atoms with van der Waals surface area (Å²) in [7, 11) is -4.23. The number of halogens is 7. The quantitative estimate of drug-likeness (QED) is 0.693. The van der Waals surface area contributed by atoms with Crippen molar-refractivity contribution in [1.29, 1.82) is 0 Å². The second-order valence-electron chi connectivity index (χ2n) is 6.05. The number of aryl methyl sites for hydroxylation is 1. The third kappa shape index (κ3) is 4.27. The smallest absolute Gasteiger partial charge is 0.388 e. The number of oxime groups is 1. The molecule has 0 aliphatic carbocycles. The molecule has 1 unspecified atom stereocenters. The monoisotopic (exact) mass is 427 g/mol. The Labute approximate surface area is 147 Å². The van der Waals surface area contributed by atoms with Crippen molar-refractivity contribution >= 4 is 14.9 Å². The van der Waals surface area contributed by atoms with Crippen molar-refractivity contribution in [3.8, 4) is 5.88 Å². The zero-order valence-corrected chi connectivity index (χ0v) is 14.6.